The Labute approximate surface area is 195 Å². The molecule has 4 fully saturated rings. The summed E-state index contributed by atoms with van der Waals surface area (Å²) in [6.45, 7) is 6.83. The predicted octanol–water partition coefficient (Wildman–Crippen LogP) is 5.60. The van der Waals surface area contributed by atoms with Gasteiger partial charge in [0, 0.05) is 12.5 Å². The number of hydrogen-bond acceptors (Lipinski definition) is 3. The Morgan fingerprint density at radius 2 is 1.75 bits per heavy atom. The SMILES string of the molecule is CC(CS(=O)(=O)O)NC(=O)CCCC1CCC2C3CCC4CCCCC4(C)C3CCC12C. The molecule has 2 N–H and O–H groups in total. The van der Waals surface area contributed by atoms with E-state index >= 15 is 0 Å². The van der Waals surface area contributed by atoms with E-state index in [1.165, 1.54) is 64.2 Å². The van der Waals surface area contributed by atoms with Crippen molar-refractivity contribution in [1.82, 2.24) is 5.32 Å². The Morgan fingerprint density at radius 1 is 1.00 bits per heavy atom. The van der Waals surface area contributed by atoms with Crippen LogP contribution in [0.15, 0.2) is 0 Å². The lowest BCUT2D eigenvalue weighted by atomic mass is 9.45. The molecule has 0 saturated heterocycles. The number of carbonyl (C=O) groups excluding carboxylic acids is 1. The summed E-state index contributed by atoms with van der Waals surface area (Å²) in [6, 6.07) is -0.558. The summed E-state index contributed by atoms with van der Waals surface area (Å²) in [5, 5.41) is 2.72. The molecule has 0 aromatic rings. The molecular formula is C26H45NO4S. The van der Waals surface area contributed by atoms with Crippen LogP contribution >= 0.6 is 0 Å². The molecule has 0 aromatic heterocycles. The summed E-state index contributed by atoms with van der Waals surface area (Å²) in [7, 11) is -4.06. The molecule has 184 valence electrons. The van der Waals surface area contributed by atoms with Gasteiger partial charge >= 0.3 is 0 Å². The minimum absolute atomic E-state index is 0.104. The van der Waals surface area contributed by atoms with E-state index in [9.17, 15) is 13.2 Å². The van der Waals surface area contributed by atoms with Gasteiger partial charge in [-0.2, -0.15) is 8.42 Å². The monoisotopic (exact) mass is 467 g/mol. The molecule has 4 rings (SSSR count). The highest BCUT2D eigenvalue weighted by Gasteiger charge is 2.59. The van der Waals surface area contributed by atoms with Crippen LogP contribution in [-0.4, -0.2) is 30.7 Å². The van der Waals surface area contributed by atoms with Gasteiger partial charge in [-0.15, -0.1) is 0 Å². The van der Waals surface area contributed by atoms with Crippen molar-refractivity contribution in [3.05, 3.63) is 0 Å². The van der Waals surface area contributed by atoms with Gasteiger partial charge in [-0.1, -0.05) is 26.7 Å². The zero-order chi connectivity index (χ0) is 23.1. The fourth-order valence-corrected chi connectivity index (χ4v) is 9.81. The van der Waals surface area contributed by atoms with E-state index in [4.69, 9.17) is 4.55 Å². The van der Waals surface area contributed by atoms with Crippen LogP contribution in [0.4, 0.5) is 0 Å². The first-order chi connectivity index (χ1) is 15.0. The van der Waals surface area contributed by atoms with Crippen LogP contribution in [0.1, 0.15) is 104 Å². The minimum atomic E-state index is -4.06. The first kappa shape index (κ1) is 24.5. The van der Waals surface area contributed by atoms with E-state index in [0.29, 0.717) is 23.2 Å². The Kier molecular flexibility index (Phi) is 7.05. The van der Waals surface area contributed by atoms with Crippen molar-refractivity contribution in [2.24, 2.45) is 40.4 Å². The summed E-state index contributed by atoms with van der Waals surface area (Å²) in [5.74, 6) is 3.89. The predicted molar refractivity (Wildman–Crippen MR) is 128 cm³/mol. The number of amides is 1. The number of carbonyl (C=O) groups is 1. The molecule has 0 bridgehead atoms. The number of fused-ring (bicyclic) bond motifs is 5. The van der Waals surface area contributed by atoms with Gasteiger partial charge in [0.05, 0.1) is 5.75 Å². The molecule has 4 saturated carbocycles. The van der Waals surface area contributed by atoms with E-state index in [0.717, 1.165) is 36.5 Å². The molecule has 0 spiro atoms. The molecule has 32 heavy (non-hydrogen) atoms. The van der Waals surface area contributed by atoms with Crippen molar-refractivity contribution >= 4 is 16.0 Å². The standard InChI is InChI=1S/C26H45NO4S/c1-18(17-32(29,30)31)27-24(28)9-6-8-20-11-13-22-21-12-10-19-7-4-5-15-25(19,2)23(21)14-16-26(20,22)3/h18-23H,4-17H2,1-3H3,(H,27,28)(H,29,30,31). The zero-order valence-corrected chi connectivity index (χ0v) is 21.3. The topological polar surface area (TPSA) is 83.5 Å². The van der Waals surface area contributed by atoms with E-state index in [1.807, 2.05) is 0 Å². The average Bonchev–Trinajstić information content (AvgIpc) is 3.02. The van der Waals surface area contributed by atoms with Crippen LogP contribution in [0.5, 0.6) is 0 Å². The molecule has 1 amide bonds. The molecule has 4 aliphatic carbocycles. The van der Waals surface area contributed by atoms with Crippen molar-refractivity contribution in [2.75, 3.05) is 5.75 Å². The molecule has 0 aromatic carbocycles. The number of rotatable bonds is 7. The largest absolute Gasteiger partial charge is 0.353 e. The van der Waals surface area contributed by atoms with Crippen LogP contribution in [0.3, 0.4) is 0 Å². The average molecular weight is 468 g/mol. The summed E-state index contributed by atoms with van der Waals surface area (Å²) in [4.78, 5) is 12.2. The molecular weight excluding hydrogens is 422 g/mol. The molecule has 5 nitrogen and oxygen atoms in total. The van der Waals surface area contributed by atoms with Crippen LogP contribution in [0.25, 0.3) is 0 Å². The van der Waals surface area contributed by atoms with Gasteiger partial charge in [0.2, 0.25) is 5.91 Å². The van der Waals surface area contributed by atoms with E-state index in [1.54, 1.807) is 6.92 Å². The van der Waals surface area contributed by atoms with Crippen LogP contribution in [-0.2, 0) is 14.9 Å². The third-order valence-corrected chi connectivity index (χ3v) is 11.5. The van der Waals surface area contributed by atoms with Gasteiger partial charge in [-0.3, -0.25) is 9.35 Å². The van der Waals surface area contributed by atoms with Crippen molar-refractivity contribution < 1.29 is 17.8 Å². The summed E-state index contributed by atoms with van der Waals surface area (Å²) < 4.78 is 30.9. The second kappa shape index (κ2) is 9.20. The van der Waals surface area contributed by atoms with Gasteiger partial charge in [0.25, 0.3) is 10.1 Å². The van der Waals surface area contributed by atoms with Crippen LogP contribution in [0, 0.1) is 40.4 Å². The van der Waals surface area contributed by atoms with Gasteiger partial charge in [-0.25, -0.2) is 0 Å². The van der Waals surface area contributed by atoms with E-state index in [2.05, 4.69) is 19.2 Å². The highest BCUT2D eigenvalue weighted by molar-refractivity contribution is 7.85. The Balaban J connectivity index is 1.31. The van der Waals surface area contributed by atoms with Crippen molar-refractivity contribution in [1.29, 1.82) is 0 Å². The maximum atomic E-state index is 12.2. The second-order valence-electron chi connectivity index (χ2n) is 12.3. The van der Waals surface area contributed by atoms with Crippen LogP contribution < -0.4 is 5.32 Å². The highest BCUT2D eigenvalue weighted by Crippen LogP contribution is 2.67. The Morgan fingerprint density at radius 3 is 2.50 bits per heavy atom. The highest BCUT2D eigenvalue weighted by atomic mass is 32.2. The van der Waals surface area contributed by atoms with Gasteiger partial charge in [0.15, 0.2) is 0 Å². The normalized spacial score (nSPS) is 42.4. The first-order valence-corrected chi connectivity index (χ1v) is 14.9. The molecule has 4 aliphatic rings. The second-order valence-corrected chi connectivity index (χ2v) is 13.8. The fraction of sp³-hybridized carbons (Fsp3) is 0.962. The fourth-order valence-electron chi connectivity index (χ4n) is 9.09. The zero-order valence-electron chi connectivity index (χ0n) is 20.4. The third kappa shape index (κ3) is 4.78. The Hall–Kier alpha value is -0.620. The molecule has 0 radical (unpaired) electrons. The lowest BCUT2D eigenvalue weighted by Crippen LogP contribution is -2.52. The summed E-state index contributed by atoms with van der Waals surface area (Å²) >= 11 is 0. The molecule has 0 heterocycles. The van der Waals surface area contributed by atoms with Crippen molar-refractivity contribution in [3.8, 4) is 0 Å². The summed E-state index contributed by atoms with van der Waals surface area (Å²) in [6.07, 6.45) is 16.6. The van der Waals surface area contributed by atoms with Crippen molar-refractivity contribution in [2.45, 2.75) is 110 Å². The smallest absolute Gasteiger partial charge is 0.266 e. The molecule has 8 atom stereocenters. The third-order valence-electron chi connectivity index (χ3n) is 10.6. The van der Waals surface area contributed by atoms with E-state index < -0.39 is 21.9 Å². The maximum Gasteiger partial charge on any atom is 0.266 e. The van der Waals surface area contributed by atoms with Crippen molar-refractivity contribution in [3.63, 3.8) is 0 Å². The minimum Gasteiger partial charge on any atom is -0.353 e. The van der Waals surface area contributed by atoms with Crippen LogP contribution in [0.2, 0.25) is 0 Å². The number of nitrogens with one attached hydrogen (secondary N) is 1. The number of hydrogen-bond donors (Lipinski definition) is 2. The lowest BCUT2D eigenvalue weighted by Gasteiger charge is -2.60. The van der Waals surface area contributed by atoms with Gasteiger partial charge in [-0.05, 0) is 112 Å². The molecule has 6 heteroatoms. The quantitative estimate of drug-likeness (QED) is 0.478. The maximum absolute atomic E-state index is 12.2. The van der Waals surface area contributed by atoms with E-state index in [-0.39, 0.29) is 5.91 Å². The summed E-state index contributed by atoms with van der Waals surface area (Å²) in [5.41, 5.74) is 1.03. The van der Waals surface area contributed by atoms with Gasteiger partial charge in [0.1, 0.15) is 0 Å². The van der Waals surface area contributed by atoms with Gasteiger partial charge < -0.3 is 5.32 Å². The first-order valence-electron chi connectivity index (χ1n) is 13.3. The Bertz CT molecular complexity index is 798. The molecule has 0 aliphatic heterocycles. The lowest BCUT2D eigenvalue weighted by molar-refractivity contribution is -0.122. The molecule has 8 unspecified atom stereocenters.